The van der Waals surface area contributed by atoms with Crippen LogP contribution in [-0.4, -0.2) is 14.9 Å². The van der Waals surface area contributed by atoms with E-state index in [-0.39, 0.29) is 0 Å². The van der Waals surface area contributed by atoms with Gasteiger partial charge in [0.15, 0.2) is 8.32 Å². The van der Waals surface area contributed by atoms with E-state index in [0.29, 0.717) is 6.61 Å². The van der Waals surface area contributed by atoms with Gasteiger partial charge in [-0.2, -0.15) is 0 Å². The Morgan fingerprint density at radius 1 is 1.29 bits per heavy atom. The van der Waals surface area contributed by atoms with Crippen molar-refractivity contribution in [2.75, 3.05) is 6.61 Å². The van der Waals surface area contributed by atoms with E-state index >= 15 is 0 Å². The van der Waals surface area contributed by atoms with Gasteiger partial charge in [-0.25, -0.2) is 0 Å². The molecule has 0 spiro atoms. The van der Waals surface area contributed by atoms with Gasteiger partial charge in [0.1, 0.15) is 0 Å². The zero-order valence-electron chi connectivity index (χ0n) is 9.26. The number of halogens is 1. The summed E-state index contributed by atoms with van der Waals surface area (Å²) in [7, 11) is -1.45. The van der Waals surface area contributed by atoms with E-state index in [1.165, 1.54) is 32.1 Å². The van der Waals surface area contributed by atoms with Crippen molar-refractivity contribution in [2.45, 2.75) is 50.7 Å². The maximum atomic E-state index is 5.98. The van der Waals surface area contributed by atoms with E-state index in [1.54, 1.807) is 5.54 Å². The Morgan fingerprint density at radius 2 is 1.93 bits per heavy atom. The minimum absolute atomic E-state index is 0.694. The number of hydrogen-bond acceptors (Lipinski definition) is 1. The Hall–Kier alpha value is 0.207. The highest BCUT2D eigenvalue weighted by atomic mass is 35.5. The molecule has 0 unspecified atom stereocenters. The molecule has 0 bridgehead atoms. The van der Waals surface area contributed by atoms with Crippen LogP contribution in [0.1, 0.15) is 32.1 Å². The van der Waals surface area contributed by atoms with E-state index in [2.05, 4.69) is 13.1 Å². The van der Waals surface area contributed by atoms with Gasteiger partial charge in [0.2, 0.25) is 0 Å². The van der Waals surface area contributed by atoms with E-state index in [1.807, 2.05) is 6.08 Å². The Kier molecular flexibility index (Phi) is 5.21. The van der Waals surface area contributed by atoms with Crippen LogP contribution in [0.2, 0.25) is 18.6 Å². The van der Waals surface area contributed by atoms with Crippen LogP contribution in [0.5, 0.6) is 0 Å². The van der Waals surface area contributed by atoms with E-state index in [9.17, 15) is 0 Å². The molecule has 0 aromatic heterocycles. The van der Waals surface area contributed by atoms with Crippen molar-refractivity contribution < 1.29 is 4.43 Å². The highest BCUT2D eigenvalue weighted by molar-refractivity contribution is 6.72. The van der Waals surface area contributed by atoms with Crippen molar-refractivity contribution in [1.82, 2.24) is 0 Å². The summed E-state index contributed by atoms with van der Waals surface area (Å²) in [5.41, 5.74) is 2.41. The molecule has 0 amide bonds. The fraction of sp³-hybridized carbons (Fsp3) is 0.818. The van der Waals surface area contributed by atoms with E-state index in [0.717, 1.165) is 5.54 Å². The minimum atomic E-state index is -1.45. The lowest BCUT2D eigenvalue weighted by molar-refractivity contribution is 0.324. The van der Waals surface area contributed by atoms with Crippen molar-refractivity contribution in [3.63, 3.8) is 0 Å². The maximum Gasteiger partial charge on any atom is 0.190 e. The Labute approximate surface area is 93.6 Å². The quantitative estimate of drug-likeness (QED) is 0.657. The lowest BCUT2D eigenvalue weighted by Gasteiger charge is -2.34. The predicted molar refractivity (Wildman–Crippen MR) is 65.3 cm³/mol. The molecule has 1 rings (SSSR count). The molecule has 0 atom stereocenters. The van der Waals surface area contributed by atoms with E-state index < -0.39 is 8.32 Å². The normalized spacial score (nSPS) is 20.5. The molecule has 14 heavy (non-hydrogen) atoms. The molecule has 0 aromatic rings. The van der Waals surface area contributed by atoms with Crippen LogP contribution in [0, 0.1) is 0 Å². The molecule has 0 heterocycles. The zero-order valence-corrected chi connectivity index (χ0v) is 11.0. The molecule has 0 aromatic carbocycles. The number of rotatable bonds is 4. The second-order valence-corrected chi connectivity index (χ2v) is 9.18. The van der Waals surface area contributed by atoms with Crippen LogP contribution in [0.4, 0.5) is 0 Å². The Morgan fingerprint density at radius 3 is 2.50 bits per heavy atom. The topological polar surface area (TPSA) is 9.23 Å². The first-order chi connectivity index (χ1) is 6.67. The zero-order chi connectivity index (χ0) is 10.4. The lowest BCUT2D eigenvalue weighted by atomic mass is 10.0. The third kappa shape index (κ3) is 3.75. The van der Waals surface area contributed by atoms with Crippen LogP contribution in [0.25, 0.3) is 0 Å². The molecule has 82 valence electrons. The average Bonchev–Trinajstić information content (AvgIpc) is 2.19. The molecule has 0 N–H and O–H groups in total. The summed E-state index contributed by atoms with van der Waals surface area (Å²) in [5, 5.41) is 0. The average molecular weight is 233 g/mol. The molecule has 1 saturated carbocycles. The van der Waals surface area contributed by atoms with Crippen molar-refractivity contribution in [2.24, 2.45) is 0 Å². The van der Waals surface area contributed by atoms with Crippen LogP contribution in [0.15, 0.2) is 11.6 Å². The number of hydrogen-bond donors (Lipinski definition) is 0. The molecular formula is C11H21ClOSi. The fourth-order valence-electron chi connectivity index (χ4n) is 2.21. The first kappa shape index (κ1) is 12.3. The standard InChI is InChI=1S/C11H21ClOSi/c1-14(2,13-10-6-9-12)11-7-4-3-5-8-11/h6,9,11H,3-5,7-8,10H2,1-2H3/b9-6+. The van der Waals surface area contributed by atoms with Crippen LogP contribution in [-0.2, 0) is 4.43 Å². The Bertz CT molecular complexity index is 186. The first-order valence-electron chi connectivity index (χ1n) is 5.56. The Balaban J connectivity index is 2.37. The summed E-state index contributed by atoms with van der Waals surface area (Å²) >= 11 is 5.47. The van der Waals surface area contributed by atoms with Crippen LogP contribution in [0.3, 0.4) is 0 Å². The first-order valence-corrected chi connectivity index (χ1v) is 8.98. The molecule has 1 fully saturated rings. The second kappa shape index (κ2) is 5.94. The summed E-state index contributed by atoms with van der Waals surface area (Å²) < 4.78 is 5.98. The molecule has 0 radical (unpaired) electrons. The molecule has 3 heteroatoms. The SMILES string of the molecule is C[Si](C)(OC/C=C/Cl)C1CCCCC1. The third-order valence-electron chi connectivity index (χ3n) is 3.23. The largest absolute Gasteiger partial charge is 0.413 e. The van der Waals surface area contributed by atoms with Gasteiger partial charge < -0.3 is 4.43 Å². The minimum Gasteiger partial charge on any atom is -0.413 e. The lowest BCUT2D eigenvalue weighted by Crippen LogP contribution is -2.37. The maximum absolute atomic E-state index is 5.98. The van der Waals surface area contributed by atoms with Crippen molar-refractivity contribution in [1.29, 1.82) is 0 Å². The third-order valence-corrected chi connectivity index (χ3v) is 6.86. The molecule has 1 nitrogen and oxygen atoms in total. The molecule has 0 aliphatic heterocycles. The van der Waals surface area contributed by atoms with Gasteiger partial charge in [0, 0.05) is 5.54 Å². The summed E-state index contributed by atoms with van der Waals surface area (Å²) in [4.78, 5) is 0. The molecular weight excluding hydrogens is 212 g/mol. The molecule has 1 aliphatic rings. The molecule has 0 saturated heterocycles. The fourth-order valence-corrected chi connectivity index (χ4v) is 4.85. The van der Waals surface area contributed by atoms with Crippen LogP contribution < -0.4 is 0 Å². The van der Waals surface area contributed by atoms with Gasteiger partial charge in [-0.15, -0.1) is 0 Å². The summed E-state index contributed by atoms with van der Waals surface area (Å²) in [6.45, 7) is 5.37. The van der Waals surface area contributed by atoms with Crippen molar-refractivity contribution in [3.8, 4) is 0 Å². The van der Waals surface area contributed by atoms with Gasteiger partial charge in [0.05, 0.1) is 6.61 Å². The summed E-state index contributed by atoms with van der Waals surface area (Å²) in [6.07, 6.45) is 8.86. The monoisotopic (exact) mass is 232 g/mol. The van der Waals surface area contributed by atoms with Gasteiger partial charge in [-0.05, 0) is 24.7 Å². The van der Waals surface area contributed by atoms with Gasteiger partial charge in [0.25, 0.3) is 0 Å². The van der Waals surface area contributed by atoms with Gasteiger partial charge >= 0.3 is 0 Å². The van der Waals surface area contributed by atoms with Crippen LogP contribution >= 0.6 is 11.6 Å². The van der Waals surface area contributed by atoms with E-state index in [4.69, 9.17) is 16.0 Å². The summed E-state index contributed by atoms with van der Waals surface area (Å²) in [6, 6.07) is 0. The van der Waals surface area contributed by atoms with Crippen molar-refractivity contribution in [3.05, 3.63) is 11.6 Å². The van der Waals surface area contributed by atoms with Gasteiger partial charge in [-0.1, -0.05) is 43.7 Å². The van der Waals surface area contributed by atoms with Gasteiger partial charge in [-0.3, -0.25) is 0 Å². The highest BCUT2D eigenvalue weighted by Gasteiger charge is 2.33. The smallest absolute Gasteiger partial charge is 0.190 e. The molecule has 1 aliphatic carbocycles. The highest BCUT2D eigenvalue weighted by Crippen LogP contribution is 2.37. The van der Waals surface area contributed by atoms with Crippen molar-refractivity contribution >= 4 is 19.9 Å². The second-order valence-electron chi connectivity index (χ2n) is 4.61. The predicted octanol–water partition coefficient (Wildman–Crippen LogP) is 4.29. The summed E-state index contributed by atoms with van der Waals surface area (Å²) in [5.74, 6) is 0.